The second-order valence-electron chi connectivity index (χ2n) is 7.72. The van der Waals surface area contributed by atoms with Crippen molar-refractivity contribution in [3.63, 3.8) is 0 Å². The lowest BCUT2D eigenvalue weighted by atomic mass is 9.82. The molecule has 1 aliphatic rings. The maximum atomic E-state index is 5.23. The van der Waals surface area contributed by atoms with Crippen molar-refractivity contribution in [3.05, 3.63) is 59.7 Å². The highest BCUT2D eigenvalue weighted by molar-refractivity contribution is 5.85. The van der Waals surface area contributed by atoms with E-state index >= 15 is 0 Å². The molecule has 2 aromatic carbocycles. The molecule has 0 radical (unpaired) electrons. The number of ether oxygens (including phenoxy) is 1. The predicted octanol–water partition coefficient (Wildman–Crippen LogP) is 5.50. The topological polar surface area (TPSA) is 24.5 Å². The third-order valence-corrected chi connectivity index (χ3v) is 5.51. The minimum absolute atomic E-state index is 0. The van der Waals surface area contributed by atoms with Gasteiger partial charge >= 0.3 is 0 Å². The van der Waals surface area contributed by atoms with Crippen molar-refractivity contribution in [1.29, 1.82) is 0 Å². The van der Waals surface area contributed by atoms with Crippen LogP contribution in [0.3, 0.4) is 0 Å². The van der Waals surface area contributed by atoms with Crippen LogP contribution in [0.15, 0.2) is 48.5 Å². The van der Waals surface area contributed by atoms with Crippen LogP contribution < -0.4 is 15.0 Å². The van der Waals surface area contributed by atoms with E-state index in [1.165, 1.54) is 48.9 Å². The van der Waals surface area contributed by atoms with Gasteiger partial charge in [-0.05, 0) is 60.6 Å². The molecule has 0 spiro atoms. The summed E-state index contributed by atoms with van der Waals surface area (Å²) in [5, 5.41) is 3.77. The van der Waals surface area contributed by atoms with Gasteiger partial charge in [-0.1, -0.05) is 37.1 Å². The summed E-state index contributed by atoms with van der Waals surface area (Å²) < 4.78 is 5.23. The van der Waals surface area contributed by atoms with Crippen molar-refractivity contribution >= 4 is 30.5 Å². The first-order valence-corrected chi connectivity index (χ1v) is 9.76. The minimum atomic E-state index is 0. The quantitative estimate of drug-likeness (QED) is 0.634. The zero-order valence-electron chi connectivity index (χ0n) is 17.2. The number of methoxy groups -OCH3 is 1. The van der Waals surface area contributed by atoms with Crippen LogP contribution >= 0.6 is 24.8 Å². The Balaban J connectivity index is 0.00000196. The van der Waals surface area contributed by atoms with E-state index in [-0.39, 0.29) is 24.8 Å². The Bertz CT molecular complexity index is 674. The summed E-state index contributed by atoms with van der Waals surface area (Å²) in [6.45, 7) is 0.943. The third kappa shape index (κ3) is 7.20. The van der Waals surface area contributed by atoms with E-state index in [0.29, 0.717) is 6.04 Å². The maximum Gasteiger partial charge on any atom is 0.118 e. The van der Waals surface area contributed by atoms with Crippen molar-refractivity contribution in [2.24, 2.45) is 5.92 Å². The van der Waals surface area contributed by atoms with Gasteiger partial charge in [0.2, 0.25) is 0 Å². The maximum absolute atomic E-state index is 5.23. The molecule has 2 atom stereocenters. The second-order valence-corrected chi connectivity index (χ2v) is 7.72. The molecular formula is C23H34Cl2N2O. The molecule has 0 amide bonds. The fourth-order valence-electron chi connectivity index (χ4n) is 3.93. The van der Waals surface area contributed by atoms with E-state index in [0.717, 1.165) is 18.2 Å². The van der Waals surface area contributed by atoms with Crippen molar-refractivity contribution < 1.29 is 4.74 Å². The molecule has 2 aromatic rings. The van der Waals surface area contributed by atoms with Crippen molar-refractivity contribution in [3.8, 4) is 5.75 Å². The van der Waals surface area contributed by atoms with Gasteiger partial charge in [-0.3, -0.25) is 0 Å². The van der Waals surface area contributed by atoms with Crippen LogP contribution in [0.1, 0.15) is 36.8 Å². The van der Waals surface area contributed by atoms with Crippen LogP contribution in [-0.4, -0.2) is 27.2 Å². The molecule has 5 heteroatoms. The predicted molar refractivity (Wildman–Crippen MR) is 125 cm³/mol. The van der Waals surface area contributed by atoms with E-state index in [1.807, 2.05) is 12.1 Å². The number of rotatable bonds is 7. The van der Waals surface area contributed by atoms with Gasteiger partial charge in [-0.2, -0.15) is 0 Å². The second kappa shape index (κ2) is 12.2. The minimum Gasteiger partial charge on any atom is -0.497 e. The molecule has 0 saturated heterocycles. The number of nitrogens with one attached hydrogen (secondary N) is 1. The van der Waals surface area contributed by atoms with Gasteiger partial charge in [0, 0.05) is 32.4 Å². The Labute approximate surface area is 182 Å². The number of hydrogen-bond donors (Lipinski definition) is 1. The molecule has 28 heavy (non-hydrogen) atoms. The molecule has 2 unspecified atom stereocenters. The molecule has 3 rings (SSSR count). The summed E-state index contributed by atoms with van der Waals surface area (Å²) in [5.74, 6) is 1.72. The Morgan fingerprint density at radius 3 is 2.18 bits per heavy atom. The molecular weight excluding hydrogens is 391 g/mol. The van der Waals surface area contributed by atoms with Gasteiger partial charge in [-0.15, -0.1) is 24.8 Å². The summed E-state index contributed by atoms with van der Waals surface area (Å²) in [7, 11) is 5.90. The highest BCUT2D eigenvalue weighted by Gasteiger charge is 2.21. The monoisotopic (exact) mass is 424 g/mol. The smallest absolute Gasteiger partial charge is 0.118 e. The van der Waals surface area contributed by atoms with Gasteiger partial charge in [0.05, 0.1) is 7.11 Å². The van der Waals surface area contributed by atoms with Crippen LogP contribution in [0.5, 0.6) is 5.75 Å². The van der Waals surface area contributed by atoms with Gasteiger partial charge in [0.15, 0.2) is 0 Å². The zero-order valence-corrected chi connectivity index (χ0v) is 18.8. The van der Waals surface area contributed by atoms with E-state index in [2.05, 4.69) is 60.7 Å². The summed E-state index contributed by atoms with van der Waals surface area (Å²) in [5.41, 5.74) is 4.07. The Hall–Kier alpha value is -1.42. The van der Waals surface area contributed by atoms with Crippen molar-refractivity contribution in [1.82, 2.24) is 5.32 Å². The van der Waals surface area contributed by atoms with E-state index in [4.69, 9.17) is 4.74 Å². The molecule has 156 valence electrons. The molecule has 1 N–H and O–H groups in total. The van der Waals surface area contributed by atoms with Gasteiger partial charge in [-0.25, -0.2) is 0 Å². The van der Waals surface area contributed by atoms with Crippen molar-refractivity contribution in [2.75, 3.05) is 26.1 Å². The third-order valence-electron chi connectivity index (χ3n) is 5.51. The lowest BCUT2D eigenvalue weighted by Gasteiger charge is -2.30. The summed E-state index contributed by atoms with van der Waals surface area (Å²) in [6.07, 6.45) is 6.48. The lowest BCUT2D eigenvalue weighted by molar-refractivity contribution is 0.283. The first-order chi connectivity index (χ1) is 12.6. The fourth-order valence-corrected chi connectivity index (χ4v) is 3.93. The normalized spacial score (nSPS) is 18.5. The zero-order chi connectivity index (χ0) is 18.4. The number of benzene rings is 2. The highest BCUT2D eigenvalue weighted by atomic mass is 35.5. The number of halogens is 2. The van der Waals surface area contributed by atoms with Crippen LogP contribution in [0, 0.1) is 5.92 Å². The van der Waals surface area contributed by atoms with Crippen LogP contribution in [0.4, 0.5) is 5.69 Å². The Kier molecular flexibility index (Phi) is 10.7. The molecule has 0 aliphatic heterocycles. The Morgan fingerprint density at radius 1 is 0.929 bits per heavy atom. The van der Waals surface area contributed by atoms with E-state index in [1.54, 1.807) is 7.11 Å². The summed E-state index contributed by atoms with van der Waals surface area (Å²) in [4.78, 5) is 2.16. The lowest BCUT2D eigenvalue weighted by Crippen LogP contribution is -2.34. The Morgan fingerprint density at radius 2 is 1.57 bits per heavy atom. The summed E-state index contributed by atoms with van der Waals surface area (Å²) >= 11 is 0. The molecule has 1 saturated carbocycles. The molecule has 0 bridgehead atoms. The number of anilines is 1. The standard InChI is InChI=1S/C23H32N2O.2ClH/c1-25(2)22-11-7-18(8-12-22)15-20-5-4-6-21(16-20)24-17-19-9-13-23(26-3)14-10-19;;/h7-14,20-21,24H,4-6,15-17H2,1-3H3;2*1H. The van der Waals surface area contributed by atoms with E-state index < -0.39 is 0 Å². The first kappa shape index (κ1) is 24.6. The first-order valence-electron chi connectivity index (χ1n) is 9.76. The summed E-state index contributed by atoms with van der Waals surface area (Å²) in [6, 6.07) is 18.1. The van der Waals surface area contributed by atoms with Crippen LogP contribution in [0.25, 0.3) is 0 Å². The molecule has 1 fully saturated rings. The molecule has 1 aliphatic carbocycles. The highest BCUT2D eigenvalue weighted by Crippen LogP contribution is 2.28. The van der Waals surface area contributed by atoms with Gasteiger partial charge in [0.1, 0.15) is 5.75 Å². The van der Waals surface area contributed by atoms with Gasteiger partial charge in [0.25, 0.3) is 0 Å². The molecule has 0 aromatic heterocycles. The number of hydrogen-bond acceptors (Lipinski definition) is 3. The molecule has 3 nitrogen and oxygen atoms in total. The average Bonchev–Trinajstić information content (AvgIpc) is 2.67. The van der Waals surface area contributed by atoms with Crippen LogP contribution in [-0.2, 0) is 13.0 Å². The van der Waals surface area contributed by atoms with E-state index in [9.17, 15) is 0 Å². The molecule has 0 heterocycles. The van der Waals surface area contributed by atoms with Crippen molar-refractivity contribution in [2.45, 2.75) is 44.7 Å². The average molecular weight is 425 g/mol. The largest absolute Gasteiger partial charge is 0.497 e. The van der Waals surface area contributed by atoms with Crippen LogP contribution in [0.2, 0.25) is 0 Å². The number of nitrogens with zero attached hydrogens (tertiary/aromatic N) is 1. The van der Waals surface area contributed by atoms with Gasteiger partial charge < -0.3 is 15.0 Å². The SMILES string of the molecule is COc1ccc(CNC2CCCC(Cc3ccc(N(C)C)cc3)C2)cc1.Cl.Cl. The fraction of sp³-hybridized carbons (Fsp3) is 0.478.